The van der Waals surface area contributed by atoms with Crippen LogP contribution in [0.3, 0.4) is 0 Å². The van der Waals surface area contributed by atoms with Gasteiger partial charge in [-0.05, 0) is 140 Å². The summed E-state index contributed by atoms with van der Waals surface area (Å²) in [5.41, 5.74) is 6.95. The van der Waals surface area contributed by atoms with Crippen molar-refractivity contribution in [1.29, 1.82) is 0 Å². The number of benzene rings is 4. The Morgan fingerprint density at radius 1 is 0.807 bits per heavy atom. The topological polar surface area (TPSA) is 85.4 Å². The van der Waals surface area contributed by atoms with Crippen molar-refractivity contribution in [2.45, 2.75) is 75.5 Å². The summed E-state index contributed by atoms with van der Waals surface area (Å²) < 4.78 is 46.0. The molecule has 3 aliphatic heterocycles. The van der Waals surface area contributed by atoms with Crippen LogP contribution < -0.4 is 15.0 Å². The van der Waals surface area contributed by atoms with Crippen LogP contribution in [-0.4, -0.2) is 72.1 Å². The van der Waals surface area contributed by atoms with Crippen molar-refractivity contribution < 1.29 is 32.6 Å². The van der Waals surface area contributed by atoms with Gasteiger partial charge in [-0.15, -0.1) is 0 Å². The van der Waals surface area contributed by atoms with Gasteiger partial charge in [0.2, 0.25) is 5.91 Å². The van der Waals surface area contributed by atoms with Gasteiger partial charge in [0, 0.05) is 55.6 Å². The van der Waals surface area contributed by atoms with Gasteiger partial charge in [-0.3, -0.25) is 14.5 Å². The Bertz CT molecular complexity index is 2110. The van der Waals surface area contributed by atoms with Gasteiger partial charge < -0.3 is 25.0 Å². The number of carbonyl (C=O) groups excluding carboxylic acids is 2. The molecule has 3 heterocycles. The predicted molar refractivity (Wildman–Crippen MR) is 214 cm³/mol. The van der Waals surface area contributed by atoms with Crippen molar-refractivity contribution in [3.8, 4) is 11.5 Å². The summed E-state index contributed by atoms with van der Waals surface area (Å²) in [6.07, 6.45) is 1.50. The Balaban J connectivity index is 0.787. The Kier molecular flexibility index (Phi) is 11.0. The second-order valence-electron chi connectivity index (χ2n) is 15.9. The fraction of sp³-hybridized carbons (Fsp3) is 0.391. The molecular weight excluding hydrogens is 730 g/mol. The first-order valence-corrected chi connectivity index (χ1v) is 20.1. The van der Waals surface area contributed by atoms with Crippen LogP contribution in [0.25, 0.3) is 0 Å². The van der Waals surface area contributed by atoms with Gasteiger partial charge in [0.1, 0.15) is 17.5 Å². The van der Waals surface area contributed by atoms with Crippen LogP contribution in [0.1, 0.15) is 94.1 Å². The van der Waals surface area contributed by atoms with Gasteiger partial charge in [0.05, 0.1) is 12.2 Å². The van der Waals surface area contributed by atoms with Gasteiger partial charge in [-0.1, -0.05) is 36.9 Å². The van der Waals surface area contributed by atoms with Crippen LogP contribution in [0.5, 0.6) is 11.5 Å². The number of rotatable bonds is 11. The van der Waals surface area contributed by atoms with Crippen molar-refractivity contribution in [3.63, 3.8) is 0 Å². The highest BCUT2D eigenvalue weighted by molar-refractivity contribution is 6.01. The molecule has 4 aromatic rings. The summed E-state index contributed by atoms with van der Waals surface area (Å²) >= 11 is 0. The smallest absolute Gasteiger partial charge is 0.416 e. The highest BCUT2D eigenvalue weighted by Crippen LogP contribution is 2.47. The third kappa shape index (κ3) is 8.40. The lowest BCUT2D eigenvalue weighted by molar-refractivity contribution is -0.137. The molecular formula is C46H49F3N4O4. The molecule has 2 fully saturated rings. The number of phenols is 1. The predicted octanol–water partition coefficient (Wildman–Crippen LogP) is 8.39. The molecule has 2 amide bonds. The number of nitrogens with zero attached hydrogens (tertiary/aromatic N) is 3. The van der Waals surface area contributed by atoms with Gasteiger partial charge in [0.25, 0.3) is 5.91 Å². The average Bonchev–Trinajstić information content (AvgIpc) is 3.53. The molecule has 298 valence electrons. The van der Waals surface area contributed by atoms with E-state index in [9.17, 15) is 27.9 Å². The van der Waals surface area contributed by atoms with E-state index in [1.54, 1.807) is 29.2 Å². The Morgan fingerprint density at radius 2 is 1.56 bits per heavy atom. The molecule has 4 aromatic carbocycles. The minimum Gasteiger partial charge on any atom is -0.508 e. The molecule has 0 saturated carbocycles. The molecule has 11 heteroatoms. The lowest BCUT2D eigenvalue weighted by Gasteiger charge is -2.36. The number of aryl methyl sites for hydroxylation is 1. The van der Waals surface area contributed by atoms with Crippen LogP contribution in [0.4, 0.5) is 18.9 Å². The number of unbranched alkanes of at least 4 members (excludes halogenated alkanes) is 2. The number of ether oxygens (including phenoxy) is 1. The second kappa shape index (κ2) is 16.3. The molecule has 3 atom stereocenters. The van der Waals surface area contributed by atoms with Gasteiger partial charge in [-0.25, -0.2) is 0 Å². The number of aromatic hydroxyl groups is 1. The second-order valence-corrected chi connectivity index (χ2v) is 15.9. The quantitative estimate of drug-likeness (QED) is 0.149. The number of allylic oxidation sites excluding steroid dienone is 1. The third-order valence-electron chi connectivity index (χ3n) is 12.2. The minimum atomic E-state index is -4.38. The summed E-state index contributed by atoms with van der Waals surface area (Å²) in [7, 11) is 0. The van der Waals surface area contributed by atoms with Crippen LogP contribution in [-0.2, 0) is 23.9 Å². The molecule has 0 radical (unpaired) electrons. The molecule has 8 nitrogen and oxygen atoms in total. The number of nitrogens with one attached hydrogen (secondary N) is 1. The molecule has 57 heavy (non-hydrogen) atoms. The monoisotopic (exact) mass is 778 g/mol. The average molecular weight is 779 g/mol. The molecule has 4 aliphatic rings. The van der Waals surface area contributed by atoms with E-state index in [4.69, 9.17) is 4.74 Å². The molecule has 2 saturated heterocycles. The molecule has 0 spiro atoms. The number of halogens is 3. The lowest BCUT2D eigenvalue weighted by atomic mass is 9.69. The summed E-state index contributed by atoms with van der Waals surface area (Å²) in [4.78, 5) is 32.3. The Hall–Kier alpha value is -5.29. The molecule has 1 aliphatic carbocycles. The SMILES string of the molecule is C=C1CCC(N2Cc3cc(N4CCN(CCCCCOc5ccc([C@@H]6c7ccc(O)cc7CC[C@@H]6c6ccc(C(F)(F)F)cc6)cc5)CC4)ccc3C2=O)C(=O)N1. The lowest BCUT2D eigenvalue weighted by Crippen LogP contribution is -2.49. The van der Waals surface area contributed by atoms with E-state index in [1.807, 2.05) is 30.3 Å². The molecule has 1 unspecified atom stereocenters. The maximum Gasteiger partial charge on any atom is 0.416 e. The number of phenolic OH excluding ortho intramolecular Hbond substituents is 1. The van der Waals surface area contributed by atoms with E-state index in [-0.39, 0.29) is 29.4 Å². The number of anilines is 1. The van der Waals surface area contributed by atoms with E-state index in [0.717, 1.165) is 104 Å². The van der Waals surface area contributed by atoms with Crippen molar-refractivity contribution >= 4 is 17.5 Å². The third-order valence-corrected chi connectivity index (χ3v) is 12.2. The summed E-state index contributed by atoms with van der Waals surface area (Å²) in [6, 6.07) is 24.7. The summed E-state index contributed by atoms with van der Waals surface area (Å²) in [6.45, 7) is 9.75. The van der Waals surface area contributed by atoms with Crippen molar-refractivity contribution in [1.82, 2.24) is 15.1 Å². The highest BCUT2D eigenvalue weighted by Gasteiger charge is 2.39. The summed E-state index contributed by atoms with van der Waals surface area (Å²) in [5.74, 6) is 0.717. The number of hydrogen-bond donors (Lipinski definition) is 2. The van der Waals surface area contributed by atoms with Crippen LogP contribution in [0, 0.1) is 0 Å². The first kappa shape index (κ1) is 38.6. The number of fused-ring (bicyclic) bond motifs is 2. The van der Waals surface area contributed by atoms with E-state index < -0.39 is 17.8 Å². The van der Waals surface area contributed by atoms with E-state index in [0.29, 0.717) is 37.3 Å². The normalized spacial score (nSPS) is 21.3. The zero-order valence-electron chi connectivity index (χ0n) is 32.1. The molecule has 2 N–H and O–H groups in total. The maximum atomic E-state index is 13.3. The number of piperazine rings is 1. The van der Waals surface area contributed by atoms with Crippen LogP contribution in [0.2, 0.25) is 0 Å². The first-order valence-electron chi connectivity index (χ1n) is 20.1. The number of amides is 2. The van der Waals surface area contributed by atoms with Gasteiger partial charge in [-0.2, -0.15) is 13.2 Å². The maximum absolute atomic E-state index is 13.3. The van der Waals surface area contributed by atoms with Gasteiger partial charge in [0.15, 0.2) is 0 Å². The first-order chi connectivity index (χ1) is 27.5. The largest absolute Gasteiger partial charge is 0.508 e. The molecule has 0 bridgehead atoms. The highest BCUT2D eigenvalue weighted by atomic mass is 19.4. The number of carbonyl (C=O) groups is 2. The van der Waals surface area contributed by atoms with E-state index in [2.05, 4.69) is 39.9 Å². The van der Waals surface area contributed by atoms with Crippen LogP contribution >= 0.6 is 0 Å². The zero-order valence-corrected chi connectivity index (χ0v) is 32.1. The van der Waals surface area contributed by atoms with Crippen molar-refractivity contribution in [3.05, 3.63) is 136 Å². The zero-order chi connectivity index (χ0) is 39.7. The van der Waals surface area contributed by atoms with Crippen molar-refractivity contribution in [2.75, 3.05) is 44.2 Å². The Labute approximate surface area is 331 Å². The Morgan fingerprint density at radius 3 is 2.30 bits per heavy atom. The van der Waals surface area contributed by atoms with Crippen molar-refractivity contribution in [2.24, 2.45) is 0 Å². The fourth-order valence-electron chi connectivity index (χ4n) is 9.14. The molecule has 8 rings (SSSR count). The number of hydrogen-bond acceptors (Lipinski definition) is 6. The fourth-order valence-corrected chi connectivity index (χ4v) is 9.14. The molecule has 0 aromatic heterocycles. The van der Waals surface area contributed by atoms with Crippen LogP contribution in [0.15, 0.2) is 97.2 Å². The van der Waals surface area contributed by atoms with Gasteiger partial charge >= 0.3 is 6.18 Å². The standard InChI is InChI=1S/C46H49F3N4O4/c1-30-5-20-42(44(55)50-30)53-29-34-27-36(13-18-41(34)45(53)56)52-24-22-51(23-25-52)21-3-2-4-26-57-38-15-8-32(9-16-38)43-39(17-10-33-28-37(54)14-19-40(33)43)31-6-11-35(12-7-31)46(47,48)49/h6-9,11-16,18-19,27-28,39,42-43,54H,1-5,10,17,20-26,29H2,(H,50,55)/t39-,42?,43+/m1/s1. The number of piperidine rings is 1. The minimum absolute atomic E-state index is 0.00335. The van der Waals surface area contributed by atoms with E-state index in [1.165, 1.54) is 12.1 Å². The van der Waals surface area contributed by atoms with E-state index >= 15 is 0 Å². The summed E-state index contributed by atoms with van der Waals surface area (Å²) in [5, 5.41) is 13.0. The number of alkyl halides is 3.